The second kappa shape index (κ2) is 9.14. The van der Waals surface area contributed by atoms with Gasteiger partial charge >= 0.3 is 0 Å². The fourth-order valence-electron chi connectivity index (χ4n) is 2.15. The molecule has 27 heavy (non-hydrogen) atoms. The number of hydrogen-bond acceptors (Lipinski definition) is 6. The van der Waals surface area contributed by atoms with Crippen molar-refractivity contribution in [3.63, 3.8) is 0 Å². The summed E-state index contributed by atoms with van der Waals surface area (Å²) >= 11 is 9.51. The van der Waals surface area contributed by atoms with Gasteiger partial charge in [0, 0.05) is 32.1 Å². The van der Waals surface area contributed by atoms with E-state index in [9.17, 15) is 4.79 Å². The van der Waals surface area contributed by atoms with Crippen LogP contribution >= 0.6 is 27.5 Å². The first kappa shape index (κ1) is 21.1. The molecule has 9 heteroatoms. The molecule has 3 aromatic heterocycles. The highest BCUT2D eigenvalue weighted by molar-refractivity contribution is 9.10. The van der Waals surface area contributed by atoms with Crippen molar-refractivity contribution >= 4 is 45.5 Å². The van der Waals surface area contributed by atoms with Gasteiger partial charge in [0.1, 0.15) is 16.6 Å². The van der Waals surface area contributed by atoms with Gasteiger partial charge in [-0.1, -0.05) is 17.7 Å². The van der Waals surface area contributed by atoms with E-state index in [4.69, 9.17) is 11.6 Å². The van der Waals surface area contributed by atoms with Crippen molar-refractivity contribution in [1.82, 2.24) is 19.6 Å². The SMILES string of the molecule is CC(C)(C)OC=O.CN(Cc1cccnc1)c1cc(Cl)nc2c(Br)cnn12. The van der Waals surface area contributed by atoms with Crippen LogP contribution in [0, 0.1) is 0 Å². The Morgan fingerprint density at radius 2 is 2.11 bits per heavy atom. The molecule has 0 atom stereocenters. The zero-order valence-electron chi connectivity index (χ0n) is 15.6. The van der Waals surface area contributed by atoms with Crippen molar-refractivity contribution < 1.29 is 9.53 Å². The maximum absolute atomic E-state index is 9.60. The van der Waals surface area contributed by atoms with Gasteiger partial charge in [-0.15, -0.1) is 0 Å². The zero-order chi connectivity index (χ0) is 20.0. The van der Waals surface area contributed by atoms with Crippen molar-refractivity contribution in [2.75, 3.05) is 11.9 Å². The van der Waals surface area contributed by atoms with Gasteiger partial charge in [0.15, 0.2) is 5.65 Å². The van der Waals surface area contributed by atoms with Gasteiger partial charge in [-0.2, -0.15) is 9.61 Å². The van der Waals surface area contributed by atoms with Gasteiger partial charge in [-0.05, 0) is 48.3 Å². The smallest absolute Gasteiger partial charge is 0.293 e. The van der Waals surface area contributed by atoms with Crippen LogP contribution < -0.4 is 4.90 Å². The summed E-state index contributed by atoms with van der Waals surface area (Å²) in [4.78, 5) is 20.0. The molecule has 0 unspecified atom stereocenters. The normalized spacial score (nSPS) is 10.9. The van der Waals surface area contributed by atoms with E-state index in [1.165, 1.54) is 0 Å². The second-order valence-corrected chi connectivity index (χ2v) is 7.95. The maximum Gasteiger partial charge on any atom is 0.293 e. The molecule has 0 aliphatic rings. The predicted molar refractivity (Wildman–Crippen MR) is 109 cm³/mol. The van der Waals surface area contributed by atoms with Crippen molar-refractivity contribution in [3.8, 4) is 0 Å². The highest BCUT2D eigenvalue weighted by atomic mass is 79.9. The van der Waals surface area contributed by atoms with E-state index in [1.807, 2.05) is 46.1 Å². The summed E-state index contributed by atoms with van der Waals surface area (Å²) in [5.41, 5.74) is 1.50. The van der Waals surface area contributed by atoms with Crippen LogP contribution in [0.15, 0.2) is 41.3 Å². The Morgan fingerprint density at radius 1 is 1.37 bits per heavy atom. The van der Waals surface area contributed by atoms with Crippen LogP contribution in [-0.2, 0) is 16.1 Å². The van der Waals surface area contributed by atoms with E-state index in [0.29, 0.717) is 23.8 Å². The van der Waals surface area contributed by atoms with Crippen LogP contribution in [0.4, 0.5) is 5.82 Å². The molecule has 0 aliphatic carbocycles. The minimum atomic E-state index is -0.318. The number of aromatic nitrogens is 4. The number of hydrogen-bond donors (Lipinski definition) is 0. The second-order valence-electron chi connectivity index (χ2n) is 6.71. The number of ether oxygens (including phenoxy) is 1. The first-order valence-corrected chi connectivity index (χ1v) is 9.29. The molecule has 0 bridgehead atoms. The van der Waals surface area contributed by atoms with Gasteiger partial charge in [-0.25, -0.2) is 4.98 Å². The molecule has 0 aliphatic heterocycles. The van der Waals surface area contributed by atoms with E-state index in [1.54, 1.807) is 23.0 Å². The van der Waals surface area contributed by atoms with Crippen LogP contribution in [0.3, 0.4) is 0 Å². The first-order chi connectivity index (χ1) is 12.7. The van der Waals surface area contributed by atoms with E-state index >= 15 is 0 Å². The summed E-state index contributed by atoms with van der Waals surface area (Å²) < 4.78 is 7.12. The molecule has 0 N–H and O–H groups in total. The minimum absolute atomic E-state index is 0.318. The number of nitrogens with zero attached hydrogens (tertiary/aromatic N) is 5. The lowest BCUT2D eigenvalue weighted by atomic mass is 10.2. The van der Waals surface area contributed by atoms with Crippen molar-refractivity contribution in [2.24, 2.45) is 0 Å². The number of fused-ring (bicyclic) bond motifs is 1. The average molecular weight is 455 g/mol. The van der Waals surface area contributed by atoms with Crippen molar-refractivity contribution in [3.05, 3.63) is 52.0 Å². The Bertz CT molecular complexity index is 896. The Morgan fingerprint density at radius 3 is 2.67 bits per heavy atom. The standard InChI is InChI=1S/C13H11BrClN5.C5H10O2/c1-19(8-9-3-2-4-16-6-9)12-5-11(15)18-13-10(14)7-17-20(12)13;1-5(2,3)7-4-6/h2-7H,8H2,1H3;4H,1-3H3. The number of halogens is 2. The van der Waals surface area contributed by atoms with E-state index in [0.717, 1.165) is 15.9 Å². The lowest BCUT2D eigenvalue weighted by molar-refractivity contribution is -0.138. The first-order valence-electron chi connectivity index (χ1n) is 8.12. The maximum atomic E-state index is 9.60. The van der Waals surface area contributed by atoms with Crippen LogP contribution in [0.25, 0.3) is 5.65 Å². The number of anilines is 1. The van der Waals surface area contributed by atoms with Crippen molar-refractivity contribution in [2.45, 2.75) is 32.9 Å². The number of pyridine rings is 1. The van der Waals surface area contributed by atoms with E-state index < -0.39 is 0 Å². The van der Waals surface area contributed by atoms with E-state index in [2.05, 4.69) is 40.6 Å². The molecule has 0 fully saturated rings. The number of carbonyl (C=O) groups excluding carboxylic acids is 1. The largest absolute Gasteiger partial charge is 0.462 e. The molecule has 0 saturated carbocycles. The van der Waals surface area contributed by atoms with Crippen molar-refractivity contribution in [1.29, 1.82) is 0 Å². The molecule has 3 heterocycles. The lowest BCUT2D eigenvalue weighted by Crippen LogP contribution is -2.20. The average Bonchev–Trinajstić information content (AvgIpc) is 2.95. The molecule has 0 spiro atoms. The summed E-state index contributed by atoms with van der Waals surface area (Å²) in [7, 11) is 1.98. The van der Waals surface area contributed by atoms with Gasteiger partial charge in [0.2, 0.25) is 0 Å². The summed E-state index contributed by atoms with van der Waals surface area (Å²) in [5.74, 6) is 0.870. The Hall–Kier alpha value is -2.19. The minimum Gasteiger partial charge on any atom is -0.462 e. The molecule has 3 aromatic rings. The Labute approximate surface area is 171 Å². The van der Waals surface area contributed by atoms with E-state index in [-0.39, 0.29) is 5.60 Å². The van der Waals surface area contributed by atoms with Gasteiger partial charge < -0.3 is 9.64 Å². The van der Waals surface area contributed by atoms with Crippen LogP contribution in [-0.4, -0.2) is 38.7 Å². The van der Waals surface area contributed by atoms with Gasteiger partial charge in [0.25, 0.3) is 6.47 Å². The Balaban J connectivity index is 0.000000321. The molecule has 0 radical (unpaired) electrons. The zero-order valence-corrected chi connectivity index (χ0v) is 17.9. The molecule has 7 nitrogen and oxygen atoms in total. The lowest BCUT2D eigenvalue weighted by Gasteiger charge is -2.20. The molecular weight excluding hydrogens is 434 g/mol. The molecule has 0 aromatic carbocycles. The summed E-state index contributed by atoms with van der Waals surface area (Å²) in [6.07, 6.45) is 5.31. The summed E-state index contributed by atoms with van der Waals surface area (Å²) in [6, 6.07) is 5.75. The monoisotopic (exact) mass is 453 g/mol. The predicted octanol–water partition coefficient (Wildman–Crippen LogP) is 4.13. The fraction of sp³-hybridized carbons (Fsp3) is 0.333. The van der Waals surface area contributed by atoms with Crippen LogP contribution in [0.5, 0.6) is 0 Å². The quantitative estimate of drug-likeness (QED) is 0.436. The summed E-state index contributed by atoms with van der Waals surface area (Å²) in [5, 5.41) is 4.75. The van der Waals surface area contributed by atoms with Gasteiger partial charge in [0.05, 0.1) is 10.7 Å². The third-order valence-corrected chi connectivity index (χ3v) is 4.07. The van der Waals surface area contributed by atoms with Crippen LogP contribution in [0.2, 0.25) is 5.15 Å². The molecule has 0 amide bonds. The summed E-state index contributed by atoms with van der Waals surface area (Å²) in [6.45, 7) is 6.63. The van der Waals surface area contributed by atoms with Crippen LogP contribution in [0.1, 0.15) is 26.3 Å². The molecular formula is C18H21BrClN5O2. The highest BCUT2D eigenvalue weighted by Gasteiger charge is 2.13. The third-order valence-electron chi connectivity index (χ3n) is 3.31. The van der Waals surface area contributed by atoms with Gasteiger partial charge in [-0.3, -0.25) is 9.78 Å². The Kier molecular flexibility index (Phi) is 7.15. The molecule has 0 saturated heterocycles. The number of rotatable bonds is 4. The fourth-order valence-corrected chi connectivity index (χ4v) is 2.68. The molecule has 3 rings (SSSR count). The molecule has 144 valence electrons. The number of carbonyl (C=O) groups is 1. The third kappa shape index (κ3) is 6.18. The topological polar surface area (TPSA) is 72.6 Å². The highest BCUT2D eigenvalue weighted by Crippen LogP contribution is 2.24.